The molecule has 0 aliphatic carbocycles. The van der Waals surface area contributed by atoms with E-state index in [-0.39, 0.29) is 5.91 Å². The van der Waals surface area contributed by atoms with Crippen molar-refractivity contribution in [2.75, 3.05) is 18.8 Å². The van der Waals surface area contributed by atoms with Crippen LogP contribution in [-0.2, 0) is 0 Å². The first-order chi connectivity index (χ1) is 7.15. The maximum absolute atomic E-state index is 12.1. The molecule has 1 aliphatic heterocycles. The van der Waals surface area contributed by atoms with Gasteiger partial charge < -0.3 is 10.6 Å². The SMILES string of the molecule is CCN1CC(C)c2cccc(N)c2C1=O. The Hall–Kier alpha value is -1.51. The zero-order valence-corrected chi connectivity index (χ0v) is 9.16. The van der Waals surface area contributed by atoms with Gasteiger partial charge in [-0.25, -0.2) is 0 Å². The Bertz CT molecular complexity index is 401. The Morgan fingerprint density at radius 2 is 2.27 bits per heavy atom. The number of nitrogens with two attached hydrogens (primary N) is 1. The predicted molar refractivity (Wildman–Crippen MR) is 60.8 cm³/mol. The number of likely N-dealkylation sites (N-methyl/N-ethyl adjacent to an activating group) is 1. The fourth-order valence-electron chi connectivity index (χ4n) is 2.19. The van der Waals surface area contributed by atoms with E-state index in [1.807, 2.05) is 24.0 Å². The second-order valence-corrected chi connectivity index (χ2v) is 4.06. The van der Waals surface area contributed by atoms with Crippen molar-refractivity contribution in [3.8, 4) is 0 Å². The van der Waals surface area contributed by atoms with Gasteiger partial charge in [0.1, 0.15) is 0 Å². The Kier molecular flexibility index (Phi) is 2.39. The zero-order chi connectivity index (χ0) is 11.0. The van der Waals surface area contributed by atoms with Crippen molar-refractivity contribution in [1.82, 2.24) is 4.90 Å². The quantitative estimate of drug-likeness (QED) is 0.709. The van der Waals surface area contributed by atoms with Gasteiger partial charge in [-0.3, -0.25) is 4.79 Å². The van der Waals surface area contributed by atoms with Crippen molar-refractivity contribution in [3.05, 3.63) is 29.3 Å². The van der Waals surface area contributed by atoms with Crippen molar-refractivity contribution in [2.24, 2.45) is 0 Å². The number of carbonyl (C=O) groups excluding carboxylic acids is 1. The number of fused-ring (bicyclic) bond motifs is 1. The van der Waals surface area contributed by atoms with Crippen LogP contribution in [0.15, 0.2) is 18.2 Å². The van der Waals surface area contributed by atoms with Gasteiger partial charge in [0, 0.05) is 18.8 Å². The molecule has 1 aromatic carbocycles. The smallest absolute Gasteiger partial charge is 0.256 e. The summed E-state index contributed by atoms with van der Waals surface area (Å²) in [5.74, 6) is 0.449. The first-order valence-electron chi connectivity index (χ1n) is 5.32. The molecular formula is C12H16N2O. The summed E-state index contributed by atoms with van der Waals surface area (Å²) < 4.78 is 0. The van der Waals surface area contributed by atoms with E-state index in [1.165, 1.54) is 0 Å². The minimum absolute atomic E-state index is 0.0729. The molecule has 1 amide bonds. The molecule has 1 aromatic rings. The third-order valence-corrected chi connectivity index (χ3v) is 3.04. The van der Waals surface area contributed by atoms with Crippen LogP contribution in [0.4, 0.5) is 5.69 Å². The van der Waals surface area contributed by atoms with Gasteiger partial charge in [-0.2, -0.15) is 0 Å². The average Bonchev–Trinajstić information content (AvgIpc) is 2.23. The largest absolute Gasteiger partial charge is 0.398 e. The molecule has 0 saturated carbocycles. The maximum Gasteiger partial charge on any atom is 0.256 e. The monoisotopic (exact) mass is 204 g/mol. The number of amides is 1. The molecule has 2 N–H and O–H groups in total. The standard InChI is InChI=1S/C12H16N2O/c1-3-14-7-8(2)9-5-4-6-10(13)11(9)12(14)15/h4-6,8H,3,7,13H2,1-2H3. The number of benzene rings is 1. The molecule has 1 heterocycles. The summed E-state index contributed by atoms with van der Waals surface area (Å²) in [5.41, 5.74) is 8.26. The Morgan fingerprint density at radius 3 is 2.93 bits per heavy atom. The zero-order valence-electron chi connectivity index (χ0n) is 9.16. The van der Waals surface area contributed by atoms with Gasteiger partial charge in [-0.15, -0.1) is 0 Å². The topological polar surface area (TPSA) is 46.3 Å². The Balaban J connectivity index is 2.55. The van der Waals surface area contributed by atoms with Crippen molar-refractivity contribution >= 4 is 11.6 Å². The lowest BCUT2D eigenvalue weighted by Crippen LogP contribution is -2.39. The molecule has 0 saturated heterocycles. The lowest BCUT2D eigenvalue weighted by atomic mass is 9.89. The highest BCUT2D eigenvalue weighted by molar-refractivity contribution is 6.01. The summed E-state index contributed by atoms with van der Waals surface area (Å²) in [6.07, 6.45) is 0. The Labute approximate surface area is 89.9 Å². The molecular weight excluding hydrogens is 188 g/mol. The first-order valence-corrected chi connectivity index (χ1v) is 5.32. The predicted octanol–water partition coefficient (Wildman–Crippen LogP) is 1.85. The molecule has 80 valence electrons. The molecule has 3 heteroatoms. The van der Waals surface area contributed by atoms with Crippen molar-refractivity contribution in [1.29, 1.82) is 0 Å². The first kappa shape index (κ1) is 10.0. The van der Waals surface area contributed by atoms with Crippen LogP contribution in [-0.4, -0.2) is 23.9 Å². The van der Waals surface area contributed by atoms with E-state index < -0.39 is 0 Å². The molecule has 15 heavy (non-hydrogen) atoms. The van der Waals surface area contributed by atoms with E-state index in [1.54, 1.807) is 6.07 Å². The molecule has 0 aromatic heterocycles. The van der Waals surface area contributed by atoms with Crippen molar-refractivity contribution in [3.63, 3.8) is 0 Å². The highest BCUT2D eigenvalue weighted by atomic mass is 16.2. The molecule has 0 spiro atoms. The third-order valence-electron chi connectivity index (χ3n) is 3.04. The highest BCUT2D eigenvalue weighted by Gasteiger charge is 2.29. The molecule has 0 radical (unpaired) electrons. The van der Waals surface area contributed by atoms with Crippen LogP contribution >= 0.6 is 0 Å². The van der Waals surface area contributed by atoms with Crippen LogP contribution in [0.2, 0.25) is 0 Å². The van der Waals surface area contributed by atoms with E-state index in [0.717, 1.165) is 18.7 Å². The number of hydrogen-bond acceptors (Lipinski definition) is 2. The van der Waals surface area contributed by atoms with Crippen molar-refractivity contribution in [2.45, 2.75) is 19.8 Å². The van der Waals surface area contributed by atoms with Crippen LogP contribution in [0.25, 0.3) is 0 Å². The summed E-state index contributed by atoms with van der Waals surface area (Å²) in [5, 5.41) is 0. The second-order valence-electron chi connectivity index (χ2n) is 4.06. The molecule has 0 fully saturated rings. The van der Waals surface area contributed by atoms with Gasteiger partial charge in [-0.05, 0) is 24.5 Å². The van der Waals surface area contributed by atoms with Gasteiger partial charge >= 0.3 is 0 Å². The molecule has 1 aliphatic rings. The molecule has 1 unspecified atom stereocenters. The summed E-state index contributed by atoms with van der Waals surface area (Å²) in [4.78, 5) is 13.9. The minimum atomic E-state index is 0.0729. The molecule has 1 atom stereocenters. The van der Waals surface area contributed by atoms with Crippen molar-refractivity contribution < 1.29 is 4.79 Å². The maximum atomic E-state index is 12.1. The number of nitrogen functional groups attached to an aromatic ring is 1. The Morgan fingerprint density at radius 1 is 1.53 bits per heavy atom. The number of anilines is 1. The molecule has 3 nitrogen and oxygen atoms in total. The van der Waals surface area contributed by atoms with Gasteiger partial charge in [0.05, 0.1) is 5.56 Å². The minimum Gasteiger partial charge on any atom is -0.398 e. The van der Waals surface area contributed by atoms with E-state index in [0.29, 0.717) is 17.2 Å². The van der Waals surface area contributed by atoms with Crippen LogP contribution in [0.5, 0.6) is 0 Å². The summed E-state index contributed by atoms with van der Waals surface area (Å²) in [6.45, 7) is 5.67. The lowest BCUT2D eigenvalue weighted by Gasteiger charge is -2.32. The van der Waals surface area contributed by atoms with Gasteiger partial charge in [0.15, 0.2) is 0 Å². The van der Waals surface area contributed by atoms with Crippen LogP contribution < -0.4 is 5.73 Å². The van der Waals surface area contributed by atoms with E-state index in [9.17, 15) is 4.79 Å². The van der Waals surface area contributed by atoms with Gasteiger partial charge in [0.25, 0.3) is 5.91 Å². The van der Waals surface area contributed by atoms with Crippen LogP contribution in [0, 0.1) is 0 Å². The molecule has 0 bridgehead atoms. The van der Waals surface area contributed by atoms with Crippen LogP contribution in [0.1, 0.15) is 35.7 Å². The van der Waals surface area contributed by atoms with Gasteiger partial charge in [0.2, 0.25) is 0 Å². The third kappa shape index (κ3) is 1.48. The second kappa shape index (κ2) is 3.57. The van der Waals surface area contributed by atoms with Gasteiger partial charge in [-0.1, -0.05) is 19.1 Å². The number of rotatable bonds is 1. The fourth-order valence-corrected chi connectivity index (χ4v) is 2.19. The van der Waals surface area contributed by atoms with Crippen LogP contribution in [0.3, 0.4) is 0 Å². The average molecular weight is 204 g/mol. The van der Waals surface area contributed by atoms with E-state index in [2.05, 4.69) is 6.92 Å². The highest BCUT2D eigenvalue weighted by Crippen LogP contribution is 2.31. The summed E-state index contributed by atoms with van der Waals surface area (Å²) >= 11 is 0. The van der Waals surface area contributed by atoms with E-state index in [4.69, 9.17) is 5.73 Å². The number of carbonyl (C=O) groups is 1. The fraction of sp³-hybridized carbons (Fsp3) is 0.417. The summed E-state index contributed by atoms with van der Waals surface area (Å²) in [6, 6.07) is 5.71. The number of nitrogens with zero attached hydrogens (tertiary/aromatic N) is 1. The molecule has 2 rings (SSSR count). The summed E-state index contributed by atoms with van der Waals surface area (Å²) in [7, 11) is 0. The lowest BCUT2D eigenvalue weighted by molar-refractivity contribution is 0.0736. The van der Waals surface area contributed by atoms with E-state index >= 15 is 0 Å². The normalized spacial score (nSPS) is 20.3. The number of hydrogen-bond donors (Lipinski definition) is 1.